The van der Waals surface area contributed by atoms with E-state index in [2.05, 4.69) is 18.9 Å². The van der Waals surface area contributed by atoms with E-state index in [9.17, 15) is 0 Å². The lowest BCUT2D eigenvalue weighted by Crippen LogP contribution is -2.52. The van der Waals surface area contributed by atoms with Gasteiger partial charge in [-0.05, 0) is 51.5 Å². The fourth-order valence-electron chi connectivity index (χ4n) is 3.57. The number of hydrogen-bond donors (Lipinski definition) is 1. The first-order valence-electron chi connectivity index (χ1n) is 7.16. The van der Waals surface area contributed by atoms with E-state index in [0.717, 1.165) is 12.0 Å². The molecule has 0 aromatic rings. The van der Waals surface area contributed by atoms with Crippen molar-refractivity contribution in [3.8, 4) is 0 Å². The van der Waals surface area contributed by atoms with Gasteiger partial charge in [-0.25, -0.2) is 0 Å². The van der Waals surface area contributed by atoms with Gasteiger partial charge in [-0.3, -0.25) is 4.90 Å². The van der Waals surface area contributed by atoms with Gasteiger partial charge in [-0.2, -0.15) is 0 Å². The van der Waals surface area contributed by atoms with Crippen LogP contribution in [0.4, 0.5) is 0 Å². The lowest BCUT2D eigenvalue weighted by Gasteiger charge is -2.42. The summed E-state index contributed by atoms with van der Waals surface area (Å²) in [4.78, 5) is 2.62. The number of hydrogen-bond acceptors (Lipinski definition) is 2. The molecule has 2 aliphatic rings. The largest absolute Gasteiger partial charge is 0.326 e. The molecule has 0 saturated heterocycles. The molecule has 2 unspecified atom stereocenters. The van der Waals surface area contributed by atoms with Crippen LogP contribution in [0.1, 0.15) is 58.3 Å². The molecule has 2 saturated carbocycles. The van der Waals surface area contributed by atoms with Gasteiger partial charge in [0.25, 0.3) is 0 Å². The van der Waals surface area contributed by atoms with Crippen molar-refractivity contribution in [3.05, 3.63) is 0 Å². The summed E-state index contributed by atoms with van der Waals surface area (Å²) in [6, 6.07) is 1.90. The van der Waals surface area contributed by atoms with Gasteiger partial charge >= 0.3 is 0 Å². The van der Waals surface area contributed by atoms with Gasteiger partial charge in [-0.1, -0.05) is 19.8 Å². The molecule has 0 amide bonds. The fraction of sp³-hybridized carbons (Fsp3) is 1.00. The van der Waals surface area contributed by atoms with Gasteiger partial charge in [-0.15, -0.1) is 0 Å². The van der Waals surface area contributed by atoms with E-state index in [1.54, 1.807) is 0 Å². The van der Waals surface area contributed by atoms with Crippen molar-refractivity contribution in [2.24, 2.45) is 11.7 Å². The molecule has 0 aromatic heterocycles. The Morgan fingerprint density at radius 3 is 2.19 bits per heavy atom. The zero-order valence-electron chi connectivity index (χ0n) is 11.0. The summed E-state index contributed by atoms with van der Waals surface area (Å²) >= 11 is 0. The highest BCUT2D eigenvalue weighted by atomic mass is 15.2. The molecule has 0 aliphatic heterocycles. The van der Waals surface area contributed by atoms with Crippen molar-refractivity contribution in [1.29, 1.82) is 0 Å². The number of nitrogens with zero attached hydrogens (tertiary/aromatic N) is 1. The Kier molecular flexibility index (Phi) is 4.26. The molecule has 94 valence electrons. The smallest absolute Gasteiger partial charge is 0.0247 e. The van der Waals surface area contributed by atoms with E-state index in [1.807, 2.05) is 0 Å². The van der Waals surface area contributed by atoms with Crippen molar-refractivity contribution < 1.29 is 0 Å². The topological polar surface area (TPSA) is 29.3 Å². The van der Waals surface area contributed by atoms with Crippen LogP contribution in [0.25, 0.3) is 0 Å². The lowest BCUT2D eigenvalue weighted by molar-refractivity contribution is 0.0880. The molecule has 2 atom stereocenters. The fourth-order valence-corrected chi connectivity index (χ4v) is 3.57. The van der Waals surface area contributed by atoms with E-state index < -0.39 is 0 Å². The first-order valence-corrected chi connectivity index (χ1v) is 7.16. The van der Waals surface area contributed by atoms with Gasteiger partial charge in [0.1, 0.15) is 0 Å². The van der Waals surface area contributed by atoms with E-state index >= 15 is 0 Å². The Labute approximate surface area is 101 Å². The SMILES string of the molecule is CC1CCC(N(C)C2CCCCC2N)CC1. The Bertz CT molecular complexity index is 209. The van der Waals surface area contributed by atoms with Crippen LogP contribution in [-0.2, 0) is 0 Å². The predicted octanol–water partition coefficient (Wildman–Crippen LogP) is 2.77. The predicted molar refractivity (Wildman–Crippen MR) is 69.4 cm³/mol. The van der Waals surface area contributed by atoms with Crippen LogP contribution < -0.4 is 5.73 Å². The maximum absolute atomic E-state index is 6.27. The Morgan fingerprint density at radius 2 is 1.56 bits per heavy atom. The molecular weight excluding hydrogens is 196 g/mol. The van der Waals surface area contributed by atoms with Crippen LogP contribution in [-0.4, -0.2) is 30.1 Å². The summed E-state index contributed by atoms with van der Waals surface area (Å²) in [5, 5.41) is 0. The Hall–Kier alpha value is -0.0800. The standard InChI is InChI=1S/C14H28N2/c1-11-7-9-12(10-8-11)16(2)14-6-4-3-5-13(14)15/h11-14H,3-10,15H2,1-2H3. The lowest BCUT2D eigenvalue weighted by atomic mass is 9.83. The van der Waals surface area contributed by atoms with Gasteiger partial charge < -0.3 is 5.73 Å². The molecule has 0 heterocycles. The zero-order valence-corrected chi connectivity index (χ0v) is 11.0. The average molecular weight is 224 g/mol. The number of rotatable bonds is 2. The molecule has 0 spiro atoms. The minimum absolute atomic E-state index is 0.429. The summed E-state index contributed by atoms with van der Waals surface area (Å²) < 4.78 is 0. The second kappa shape index (κ2) is 5.50. The first-order chi connectivity index (χ1) is 7.68. The van der Waals surface area contributed by atoms with Crippen molar-refractivity contribution in [3.63, 3.8) is 0 Å². The highest BCUT2D eigenvalue weighted by Gasteiger charge is 2.31. The van der Waals surface area contributed by atoms with Gasteiger partial charge in [0.05, 0.1) is 0 Å². The average Bonchev–Trinajstić information content (AvgIpc) is 2.30. The van der Waals surface area contributed by atoms with Crippen molar-refractivity contribution in [2.45, 2.75) is 76.4 Å². The molecule has 2 aliphatic carbocycles. The minimum atomic E-state index is 0.429. The number of nitrogens with two attached hydrogens (primary N) is 1. The third-order valence-corrected chi connectivity index (χ3v) is 4.87. The number of likely N-dealkylation sites (N-methyl/N-ethyl adjacent to an activating group) is 1. The molecule has 2 heteroatoms. The monoisotopic (exact) mass is 224 g/mol. The second-order valence-corrected chi connectivity index (χ2v) is 6.09. The molecule has 2 N–H and O–H groups in total. The van der Waals surface area contributed by atoms with Crippen LogP contribution in [0.2, 0.25) is 0 Å². The van der Waals surface area contributed by atoms with E-state index in [4.69, 9.17) is 5.73 Å². The van der Waals surface area contributed by atoms with Crippen molar-refractivity contribution in [2.75, 3.05) is 7.05 Å². The highest BCUT2D eigenvalue weighted by Crippen LogP contribution is 2.30. The van der Waals surface area contributed by atoms with Gasteiger partial charge in [0.15, 0.2) is 0 Å². The normalized spacial score (nSPS) is 41.2. The first kappa shape index (κ1) is 12.4. The van der Waals surface area contributed by atoms with E-state index in [-0.39, 0.29) is 0 Å². The van der Waals surface area contributed by atoms with Crippen LogP contribution in [0.5, 0.6) is 0 Å². The summed E-state index contributed by atoms with van der Waals surface area (Å²) in [7, 11) is 2.32. The highest BCUT2D eigenvalue weighted by molar-refractivity contribution is 4.89. The van der Waals surface area contributed by atoms with Crippen LogP contribution in [0, 0.1) is 5.92 Å². The quantitative estimate of drug-likeness (QED) is 0.781. The Balaban J connectivity index is 1.88. The van der Waals surface area contributed by atoms with Crippen LogP contribution >= 0.6 is 0 Å². The van der Waals surface area contributed by atoms with Crippen molar-refractivity contribution >= 4 is 0 Å². The summed E-state index contributed by atoms with van der Waals surface area (Å²) in [5.41, 5.74) is 6.27. The maximum atomic E-state index is 6.27. The summed E-state index contributed by atoms with van der Waals surface area (Å²) in [6.07, 6.45) is 10.9. The molecule has 0 bridgehead atoms. The third kappa shape index (κ3) is 2.78. The summed E-state index contributed by atoms with van der Waals surface area (Å²) in [6.45, 7) is 2.39. The molecule has 2 rings (SSSR count). The zero-order chi connectivity index (χ0) is 11.5. The third-order valence-electron chi connectivity index (χ3n) is 4.87. The second-order valence-electron chi connectivity index (χ2n) is 6.09. The van der Waals surface area contributed by atoms with E-state index in [1.165, 1.54) is 51.4 Å². The molecule has 0 radical (unpaired) electrons. The van der Waals surface area contributed by atoms with Crippen molar-refractivity contribution in [1.82, 2.24) is 4.90 Å². The molecule has 0 aromatic carbocycles. The van der Waals surface area contributed by atoms with Crippen LogP contribution in [0.15, 0.2) is 0 Å². The Morgan fingerprint density at radius 1 is 0.938 bits per heavy atom. The van der Waals surface area contributed by atoms with Gasteiger partial charge in [0, 0.05) is 18.1 Å². The molecule has 2 nitrogen and oxygen atoms in total. The molecule has 16 heavy (non-hydrogen) atoms. The summed E-state index contributed by atoms with van der Waals surface area (Å²) in [5.74, 6) is 0.949. The molecule has 2 fully saturated rings. The maximum Gasteiger partial charge on any atom is 0.0247 e. The van der Waals surface area contributed by atoms with E-state index in [0.29, 0.717) is 12.1 Å². The van der Waals surface area contributed by atoms with Crippen LogP contribution in [0.3, 0.4) is 0 Å². The molecular formula is C14H28N2. The minimum Gasteiger partial charge on any atom is -0.326 e. The van der Waals surface area contributed by atoms with Gasteiger partial charge in [0.2, 0.25) is 0 Å².